The highest BCUT2D eigenvalue weighted by Crippen LogP contribution is 2.21. The number of hydrogen-bond acceptors (Lipinski definition) is 5. The van der Waals surface area contributed by atoms with Gasteiger partial charge in [0.15, 0.2) is 6.61 Å². The van der Waals surface area contributed by atoms with Gasteiger partial charge in [-0.1, -0.05) is 25.0 Å². The van der Waals surface area contributed by atoms with Crippen LogP contribution in [-0.2, 0) is 19.6 Å². The number of esters is 1. The fourth-order valence-electron chi connectivity index (χ4n) is 3.12. The van der Waals surface area contributed by atoms with Crippen LogP contribution in [-0.4, -0.2) is 32.9 Å². The van der Waals surface area contributed by atoms with E-state index >= 15 is 0 Å². The van der Waals surface area contributed by atoms with Crippen LogP contribution >= 0.6 is 0 Å². The molecule has 9 heteroatoms. The first-order chi connectivity index (χ1) is 13.8. The maximum atomic E-state index is 13.0. The summed E-state index contributed by atoms with van der Waals surface area (Å²) in [6.07, 6.45) is 3.94. The summed E-state index contributed by atoms with van der Waals surface area (Å²) in [5, 5.41) is 2.81. The zero-order valence-electron chi connectivity index (χ0n) is 15.6. The Labute approximate surface area is 168 Å². The van der Waals surface area contributed by atoms with Crippen molar-refractivity contribution in [3.63, 3.8) is 0 Å². The molecule has 0 aliphatic heterocycles. The summed E-state index contributed by atoms with van der Waals surface area (Å²) in [4.78, 5) is 24.2. The van der Waals surface area contributed by atoms with Crippen molar-refractivity contribution >= 4 is 27.6 Å². The van der Waals surface area contributed by atoms with Crippen molar-refractivity contribution in [2.24, 2.45) is 0 Å². The van der Waals surface area contributed by atoms with Crippen molar-refractivity contribution in [3.05, 3.63) is 59.9 Å². The predicted molar refractivity (Wildman–Crippen MR) is 104 cm³/mol. The number of sulfonamides is 1. The second kappa shape index (κ2) is 9.04. The lowest BCUT2D eigenvalue weighted by Gasteiger charge is -2.14. The van der Waals surface area contributed by atoms with Gasteiger partial charge in [-0.3, -0.25) is 9.52 Å². The summed E-state index contributed by atoms with van der Waals surface area (Å²) in [6.45, 7) is -0.450. The van der Waals surface area contributed by atoms with Crippen molar-refractivity contribution in [2.75, 3.05) is 11.3 Å². The molecule has 1 aliphatic rings. The number of halogens is 1. The molecule has 0 radical (unpaired) electrons. The molecular formula is C20H21FN2O5S. The summed E-state index contributed by atoms with van der Waals surface area (Å²) in [6, 6.07) is 10.3. The molecule has 0 heterocycles. The van der Waals surface area contributed by atoms with Gasteiger partial charge in [0.05, 0.1) is 16.1 Å². The molecule has 0 saturated heterocycles. The van der Waals surface area contributed by atoms with E-state index in [0.29, 0.717) is 0 Å². The first-order valence-corrected chi connectivity index (χ1v) is 10.7. The van der Waals surface area contributed by atoms with Crippen molar-refractivity contribution in [1.82, 2.24) is 5.32 Å². The summed E-state index contributed by atoms with van der Waals surface area (Å²) in [7, 11) is -4.04. The van der Waals surface area contributed by atoms with Crippen molar-refractivity contribution in [2.45, 2.75) is 36.6 Å². The maximum Gasteiger partial charge on any atom is 0.340 e. The molecule has 29 heavy (non-hydrogen) atoms. The first kappa shape index (κ1) is 20.8. The van der Waals surface area contributed by atoms with E-state index in [1.54, 1.807) is 12.1 Å². The number of amides is 1. The van der Waals surface area contributed by atoms with Gasteiger partial charge in [-0.15, -0.1) is 0 Å². The lowest BCUT2D eigenvalue weighted by Crippen LogP contribution is -2.36. The summed E-state index contributed by atoms with van der Waals surface area (Å²) in [5.41, 5.74) is -0.0371. The molecule has 2 aromatic rings. The van der Waals surface area contributed by atoms with E-state index in [-0.39, 0.29) is 22.2 Å². The van der Waals surface area contributed by atoms with Crippen LogP contribution < -0.4 is 10.0 Å². The Morgan fingerprint density at radius 1 is 1.03 bits per heavy atom. The van der Waals surface area contributed by atoms with Gasteiger partial charge < -0.3 is 10.1 Å². The molecule has 2 N–H and O–H groups in total. The Morgan fingerprint density at radius 2 is 1.69 bits per heavy atom. The van der Waals surface area contributed by atoms with E-state index in [2.05, 4.69) is 10.0 Å². The van der Waals surface area contributed by atoms with E-state index in [9.17, 15) is 22.4 Å². The van der Waals surface area contributed by atoms with E-state index < -0.39 is 34.3 Å². The molecule has 0 bridgehead atoms. The van der Waals surface area contributed by atoms with Crippen LogP contribution in [0.1, 0.15) is 36.0 Å². The van der Waals surface area contributed by atoms with Crippen LogP contribution in [0.4, 0.5) is 10.1 Å². The molecule has 1 aliphatic carbocycles. The molecule has 0 aromatic heterocycles. The number of carbonyl (C=O) groups excluding carboxylic acids is 2. The number of rotatable bonds is 7. The average Bonchev–Trinajstić information content (AvgIpc) is 3.19. The second-order valence-electron chi connectivity index (χ2n) is 6.73. The normalized spacial score (nSPS) is 14.4. The van der Waals surface area contributed by atoms with Crippen LogP contribution in [0.5, 0.6) is 0 Å². The molecule has 0 unspecified atom stereocenters. The van der Waals surface area contributed by atoms with Gasteiger partial charge >= 0.3 is 5.97 Å². The van der Waals surface area contributed by atoms with Gasteiger partial charge in [0.2, 0.25) is 0 Å². The van der Waals surface area contributed by atoms with Gasteiger partial charge in [-0.05, 0) is 49.2 Å². The standard InChI is InChI=1S/C20H21FN2O5S/c21-14-9-11-16(12-10-14)29(26,27)23-18-8-4-3-7-17(18)20(25)28-13-19(24)22-15-5-1-2-6-15/h3-4,7-12,15,23H,1-2,5-6,13H2,(H,22,24). The van der Waals surface area contributed by atoms with Gasteiger partial charge in [0.25, 0.3) is 15.9 Å². The first-order valence-electron chi connectivity index (χ1n) is 9.19. The highest BCUT2D eigenvalue weighted by Gasteiger charge is 2.21. The number of hydrogen-bond donors (Lipinski definition) is 2. The Morgan fingerprint density at radius 3 is 2.38 bits per heavy atom. The third-order valence-electron chi connectivity index (χ3n) is 4.57. The van der Waals surface area contributed by atoms with Crippen molar-refractivity contribution < 1.29 is 27.1 Å². The lowest BCUT2D eigenvalue weighted by molar-refractivity contribution is -0.124. The molecular weight excluding hydrogens is 399 g/mol. The monoisotopic (exact) mass is 420 g/mol. The second-order valence-corrected chi connectivity index (χ2v) is 8.41. The molecule has 1 fully saturated rings. The molecule has 154 valence electrons. The SMILES string of the molecule is O=C(COC(=O)c1ccccc1NS(=O)(=O)c1ccc(F)cc1)NC1CCCC1. The van der Waals surface area contributed by atoms with Gasteiger partial charge in [0.1, 0.15) is 5.82 Å². The molecule has 0 atom stereocenters. The van der Waals surface area contributed by atoms with Gasteiger partial charge in [-0.25, -0.2) is 17.6 Å². The number of benzene rings is 2. The van der Waals surface area contributed by atoms with Crippen molar-refractivity contribution in [3.8, 4) is 0 Å². The molecule has 0 spiro atoms. The van der Waals surface area contributed by atoms with E-state index in [4.69, 9.17) is 4.74 Å². The minimum absolute atomic E-state index is 0.00183. The molecule has 2 aromatic carbocycles. The third kappa shape index (κ3) is 5.54. The van der Waals surface area contributed by atoms with Crippen LogP contribution in [0.15, 0.2) is 53.4 Å². The van der Waals surface area contributed by atoms with Crippen molar-refractivity contribution in [1.29, 1.82) is 0 Å². The fraction of sp³-hybridized carbons (Fsp3) is 0.300. The molecule has 1 saturated carbocycles. The number of carbonyl (C=O) groups is 2. The summed E-state index contributed by atoms with van der Waals surface area (Å²) >= 11 is 0. The van der Waals surface area contributed by atoms with E-state index in [1.807, 2.05) is 0 Å². The Kier molecular flexibility index (Phi) is 6.48. The average molecular weight is 420 g/mol. The summed E-state index contributed by atoms with van der Waals surface area (Å²) in [5.74, 6) is -1.79. The zero-order chi connectivity index (χ0) is 20.9. The third-order valence-corrected chi connectivity index (χ3v) is 5.95. The van der Waals surface area contributed by atoms with E-state index in [1.165, 1.54) is 12.1 Å². The van der Waals surface area contributed by atoms with Crippen LogP contribution in [0.3, 0.4) is 0 Å². The molecule has 1 amide bonds. The minimum Gasteiger partial charge on any atom is -0.452 e. The summed E-state index contributed by atoms with van der Waals surface area (Å²) < 4.78 is 45.4. The zero-order valence-corrected chi connectivity index (χ0v) is 16.4. The smallest absolute Gasteiger partial charge is 0.340 e. The fourth-order valence-corrected chi connectivity index (χ4v) is 4.20. The Bertz CT molecular complexity index is 986. The molecule has 3 rings (SSSR count). The quantitative estimate of drug-likeness (QED) is 0.671. The number of nitrogens with one attached hydrogen (secondary N) is 2. The largest absolute Gasteiger partial charge is 0.452 e. The maximum absolute atomic E-state index is 13.0. The lowest BCUT2D eigenvalue weighted by atomic mass is 10.2. The van der Waals surface area contributed by atoms with Gasteiger partial charge in [0, 0.05) is 6.04 Å². The minimum atomic E-state index is -4.04. The Balaban J connectivity index is 1.67. The molecule has 7 nitrogen and oxygen atoms in total. The highest BCUT2D eigenvalue weighted by atomic mass is 32.2. The number of para-hydroxylation sites is 1. The van der Waals surface area contributed by atoms with Crippen LogP contribution in [0.2, 0.25) is 0 Å². The van der Waals surface area contributed by atoms with Crippen LogP contribution in [0, 0.1) is 5.82 Å². The highest BCUT2D eigenvalue weighted by molar-refractivity contribution is 7.92. The number of anilines is 1. The van der Waals surface area contributed by atoms with Crippen LogP contribution in [0.25, 0.3) is 0 Å². The Hall–Kier alpha value is -2.94. The topological polar surface area (TPSA) is 102 Å². The predicted octanol–water partition coefficient (Wildman–Crippen LogP) is 2.84. The van der Waals surface area contributed by atoms with Gasteiger partial charge in [-0.2, -0.15) is 0 Å². The number of ether oxygens (including phenoxy) is 1. The van der Waals surface area contributed by atoms with E-state index in [0.717, 1.165) is 49.9 Å².